The lowest BCUT2D eigenvalue weighted by Crippen LogP contribution is -2.20. The van der Waals surface area contributed by atoms with Crippen LogP contribution in [0, 0.1) is 11.8 Å². The summed E-state index contributed by atoms with van der Waals surface area (Å²) in [5.74, 6) is 1.71. The molecule has 0 bridgehead atoms. The molecule has 1 heteroatoms. The van der Waals surface area contributed by atoms with Crippen LogP contribution >= 0.6 is 0 Å². The average Bonchev–Trinajstić information content (AvgIpc) is 2.78. The Kier molecular flexibility index (Phi) is 4.24. The molecule has 0 N–H and O–H groups in total. The molecular weight excluding hydrogens is 160 g/mol. The molecule has 78 valence electrons. The minimum atomic E-state index is 0.401. The van der Waals surface area contributed by atoms with E-state index in [2.05, 4.69) is 27.7 Å². The lowest BCUT2D eigenvalue weighted by atomic mass is 10.0. The largest absolute Gasteiger partial charge is 0.375 e. The van der Waals surface area contributed by atoms with E-state index in [1.165, 1.54) is 25.7 Å². The van der Waals surface area contributed by atoms with Crippen LogP contribution in [0.3, 0.4) is 0 Å². The fourth-order valence-electron chi connectivity index (χ4n) is 1.73. The van der Waals surface area contributed by atoms with Gasteiger partial charge in [-0.2, -0.15) is 0 Å². The van der Waals surface area contributed by atoms with Crippen molar-refractivity contribution < 1.29 is 4.74 Å². The Morgan fingerprint density at radius 2 is 1.69 bits per heavy atom. The highest BCUT2D eigenvalue weighted by atomic mass is 16.5. The van der Waals surface area contributed by atoms with Crippen molar-refractivity contribution in [1.82, 2.24) is 0 Å². The topological polar surface area (TPSA) is 9.23 Å². The molecular formula is C12H24O. The molecule has 0 unspecified atom stereocenters. The maximum atomic E-state index is 5.92. The van der Waals surface area contributed by atoms with Gasteiger partial charge < -0.3 is 4.74 Å². The molecule has 0 aromatic rings. The fourth-order valence-corrected chi connectivity index (χ4v) is 1.73. The lowest BCUT2D eigenvalue weighted by Gasteiger charge is -2.20. The zero-order chi connectivity index (χ0) is 9.84. The first kappa shape index (κ1) is 11.0. The summed E-state index contributed by atoms with van der Waals surface area (Å²) in [6.07, 6.45) is 6.33. The third-order valence-electron chi connectivity index (χ3n) is 2.62. The van der Waals surface area contributed by atoms with Crippen LogP contribution in [0.1, 0.15) is 53.4 Å². The molecule has 1 atom stereocenters. The Morgan fingerprint density at radius 3 is 2.08 bits per heavy atom. The summed E-state index contributed by atoms with van der Waals surface area (Å²) in [4.78, 5) is 0. The number of hydrogen-bond donors (Lipinski definition) is 0. The van der Waals surface area contributed by atoms with Crippen LogP contribution in [0.5, 0.6) is 0 Å². The third-order valence-corrected chi connectivity index (χ3v) is 2.62. The Labute approximate surface area is 82.9 Å². The number of hydrogen-bond acceptors (Lipinski definition) is 1. The normalized spacial score (nSPS) is 19.8. The monoisotopic (exact) mass is 184 g/mol. The highest BCUT2D eigenvalue weighted by molar-refractivity contribution is 4.82. The number of ether oxygens (including phenoxy) is 1. The van der Waals surface area contributed by atoms with Crippen LogP contribution in [0.4, 0.5) is 0 Å². The van der Waals surface area contributed by atoms with Gasteiger partial charge >= 0.3 is 0 Å². The molecule has 0 aromatic heterocycles. The Balaban J connectivity index is 2.21. The standard InChI is InChI=1S/C12H24O/c1-9(2)5-8-12(11-6-7-11)13-10(3)4/h9-12H,5-8H2,1-4H3/t12-/m0/s1. The summed E-state index contributed by atoms with van der Waals surface area (Å²) < 4.78 is 5.92. The molecule has 13 heavy (non-hydrogen) atoms. The molecule has 0 spiro atoms. The Morgan fingerprint density at radius 1 is 1.08 bits per heavy atom. The summed E-state index contributed by atoms with van der Waals surface area (Å²) in [5, 5.41) is 0. The summed E-state index contributed by atoms with van der Waals surface area (Å²) >= 11 is 0. The van der Waals surface area contributed by atoms with Gasteiger partial charge in [0.1, 0.15) is 0 Å². The van der Waals surface area contributed by atoms with Crippen molar-refractivity contribution in [3.63, 3.8) is 0 Å². The van der Waals surface area contributed by atoms with Gasteiger partial charge in [0.15, 0.2) is 0 Å². The Bertz CT molecular complexity index is 136. The zero-order valence-corrected chi connectivity index (χ0v) is 9.55. The van der Waals surface area contributed by atoms with E-state index < -0.39 is 0 Å². The van der Waals surface area contributed by atoms with Crippen molar-refractivity contribution in [2.24, 2.45) is 11.8 Å². The third kappa shape index (κ3) is 4.66. The van der Waals surface area contributed by atoms with Crippen molar-refractivity contribution in [3.8, 4) is 0 Å². The van der Waals surface area contributed by atoms with Gasteiger partial charge in [-0.05, 0) is 51.4 Å². The summed E-state index contributed by atoms with van der Waals surface area (Å²) in [6, 6.07) is 0. The molecule has 0 aromatic carbocycles. The van der Waals surface area contributed by atoms with Crippen LogP contribution < -0.4 is 0 Å². The van der Waals surface area contributed by atoms with Crippen molar-refractivity contribution >= 4 is 0 Å². The highest BCUT2D eigenvalue weighted by Gasteiger charge is 2.32. The van der Waals surface area contributed by atoms with Gasteiger partial charge in [-0.15, -0.1) is 0 Å². The van der Waals surface area contributed by atoms with Crippen LogP contribution in [0.15, 0.2) is 0 Å². The first-order valence-corrected chi connectivity index (χ1v) is 5.75. The molecule has 1 rings (SSSR count). The average molecular weight is 184 g/mol. The minimum Gasteiger partial charge on any atom is -0.375 e. The molecule has 0 heterocycles. The van der Waals surface area contributed by atoms with Crippen molar-refractivity contribution in [1.29, 1.82) is 0 Å². The van der Waals surface area contributed by atoms with Gasteiger partial charge in [0.2, 0.25) is 0 Å². The lowest BCUT2D eigenvalue weighted by molar-refractivity contribution is -0.0120. The molecule has 1 saturated carbocycles. The van der Waals surface area contributed by atoms with Gasteiger partial charge in [0.25, 0.3) is 0 Å². The molecule has 1 aliphatic carbocycles. The second-order valence-corrected chi connectivity index (χ2v) is 5.03. The first-order chi connectivity index (χ1) is 6.09. The van der Waals surface area contributed by atoms with E-state index in [4.69, 9.17) is 4.74 Å². The van der Waals surface area contributed by atoms with E-state index in [9.17, 15) is 0 Å². The molecule has 0 radical (unpaired) electrons. The van der Waals surface area contributed by atoms with Gasteiger partial charge in [-0.1, -0.05) is 13.8 Å². The SMILES string of the molecule is CC(C)CC[C@H](OC(C)C)C1CC1. The maximum Gasteiger partial charge on any atom is 0.0606 e. The van der Waals surface area contributed by atoms with Crippen LogP contribution in [0.25, 0.3) is 0 Å². The zero-order valence-electron chi connectivity index (χ0n) is 9.55. The first-order valence-electron chi connectivity index (χ1n) is 5.75. The quantitative estimate of drug-likeness (QED) is 0.612. The van der Waals surface area contributed by atoms with E-state index in [0.717, 1.165) is 11.8 Å². The molecule has 1 aliphatic rings. The van der Waals surface area contributed by atoms with Gasteiger partial charge in [-0.3, -0.25) is 0 Å². The summed E-state index contributed by atoms with van der Waals surface area (Å²) in [5.41, 5.74) is 0. The minimum absolute atomic E-state index is 0.401. The van der Waals surface area contributed by atoms with Crippen LogP contribution in [-0.4, -0.2) is 12.2 Å². The van der Waals surface area contributed by atoms with Gasteiger partial charge in [-0.25, -0.2) is 0 Å². The van der Waals surface area contributed by atoms with Crippen molar-refractivity contribution in [3.05, 3.63) is 0 Å². The molecule has 0 amide bonds. The smallest absolute Gasteiger partial charge is 0.0606 e. The molecule has 1 fully saturated rings. The predicted octanol–water partition coefficient (Wildman–Crippen LogP) is 3.63. The fraction of sp³-hybridized carbons (Fsp3) is 1.00. The van der Waals surface area contributed by atoms with Crippen molar-refractivity contribution in [2.75, 3.05) is 0 Å². The molecule has 1 nitrogen and oxygen atoms in total. The van der Waals surface area contributed by atoms with Crippen molar-refractivity contribution in [2.45, 2.75) is 65.6 Å². The van der Waals surface area contributed by atoms with E-state index in [1.807, 2.05) is 0 Å². The highest BCUT2D eigenvalue weighted by Crippen LogP contribution is 2.37. The van der Waals surface area contributed by atoms with E-state index >= 15 is 0 Å². The Hall–Kier alpha value is -0.0400. The molecule has 0 aliphatic heterocycles. The van der Waals surface area contributed by atoms with E-state index in [1.54, 1.807) is 0 Å². The summed E-state index contributed by atoms with van der Waals surface area (Å²) in [7, 11) is 0. The second kappa shape index (κ2) is 4.99. The van der Waals surface area contributed by atoms with Gasteiger partial charge in [0.05, 0.1) is 12.2 Å². The maximum absolute atomic E-state index is 5.92. The van der Waals surface area contributed by atoms with Crippen LogP contribution in [-0.2, 0) is 4.74 Å². The second-order valence-electron chi connectivity index (χ2n) is 5.03. The van der Waals surface area contributed by atoms with E-state index in [0.29, 0.717) is 12.2 Å². The van der Waals surface area contributed by atoms with E-state index in [-0.39, 0.29) is 0 Å². The predicted molar refractivity (Wildman–Crippen MR) is 56.8 cm³/mol. The summed E-state index contributed by atoms with van der Waals surface area (Å²) in [6.45, 7) is 8.87. The van der Waals surface area contributed by atoms with Crippen LogP contribution in [0.2, 0.25) is 0 Å². The molecule has 0 saturated heterocycles. The van der Waals surface area contributed by atoms with Gasteiger partial charge in [0, 0.05) is 0 Å². The number of rotatable bonds is 6.